The van der Waals surface area contributed by atoms with Crippen LogP contribution in [0.25, 0.3) is 10.2 Å². The Bertz CT molecular complexity index is 1510. The number of amides is 1. The summed E-state index contributed by atoms with van der Waals surface area (Å²) in [5.41, 5.74) is 3.50. The van der Waals surface area contributed by atoms with Crippen LogP contribution in [0.4, 0.5) is 5.13 Å². The predicted molar refractivity (Wildman–Crippen MR) is 154 cm³/mol. The number of thiazole rings is 1. The molecule has 0 N–H and O–H groups in total. The van der Waals surface area contributed by atoms with Gasteiger partial charge in [0.25, 0.3) is 5.91 Å². The molecule has 1 saturated heterocycles. The number of rotatable bonds is 7. The van der Waals surface area contributed by atoms with E-state index in [4.69, 9.17) is 4.98 Å². The summed E-state index contributed by atoms with van der Waals surface area (Å²) in [5.74, 6) is 0.100. The van der Waals surface area contributed by atoms with E-state index in [0.717, 1.165) is 47.0 Å². The monoisotopic (exact) mass is 547 g/mol. The second kappa shape index (κ2) is 11.4. The summed E-state index contributed by atoms with van der Waals surface area (Å²) in [5, 5.41) is 0.628. The maximum absolute atomic E-state index is 13.9. The summed E-state index contributed by atoms with van der Waals surface area (Å²) in [6, 6.07) is 22.4. The Hall–Kier alpha value is -3.07. The van der Waals surface area contributed by atoms with Crippen LogP contribution in [0.1, 0.15) is 66.9 Å². The van der Waals surface area contributed by atoms with Crippen LogP contribution in [0.2, 0.25) is 0 Å². The Labute approximate surface area is 229 Å². The summed E-state index contributed by atoms with van der Waals surface area (Å²) in [6.45, 7) is 5.74. The van der Waals surface area contributed by atoms with E-state index in [-0.39, 0.29) is 10.8 Å². The van der Waals surface area contributed by atoms with Crippen LogP contribution < -0.4 is 4.90 Å². The molecule has 1 amide bonds. The lowest BCUT2D eigenvalue weighted by molar-refractivity contribution is 0.0985. The highest BCUT2D eigenvalue weighted by atomic mass is 32.2. The standard InChI is InChI=1S/C30H33N3O3S2/c1-22(2)26-13-10-14-27-28(26)31-30(37-27)33(21-23-11-6-5-7-12-23)29(34)24-15-17-25(18-16-24)38(35,36)32-19-8-3-4-9-20-32/h5-7,10-18,22H,3-4,8-9,19-21H2,1-2H3. The van der Waals surface area contributed by atoms with Gasteiger partial charge in [-0.3, -0.25) is 9.69 Å². The second-order valence-corrected chi connectivity index (χ2v) is 13.0. The predicted octanol–water partition coefficient (Wildman–Crippen LogP) is 6.83. The number of carbonyl (C=O) groups is 1. The van der Waals surface area contributed by atoms with Gasteiger partial charge in [-0.25, -0.2) is 13.4 Å². The lowest BCUT2D eigenvalue weighted by Crippen LogP contribution is -2.32. The van der Waals surface area contributed by atoms with Crippen LogP contribution in [-0.4, -0.2) is 36.7 Å². The maximum atomic E-state index is 13.9. The fourth-order valence-electron chi connectivity index (χ4n) is 4.89. The molecule has 3 aromatic carbocycles. The van der Waals surface area contributed by atoms with E-state index in [9.17, 15) is 13.2 Å². The number of sulfonamides is 1. The van der Waals surface area contributed by atoms with Crippen molar-refractivity contribution in [2.45, 2.75) is 56.9 Å². The number of para-hydroxylation sites is 1. The third-order valence-electron chi connectivity index (χ3n) is 7.02. The fourth-order valence-corrected chi connectivity index (χ4v) is 7.40. The molecular formula is C30H33N3O3S2. The van der Waals surface area contributed by atoms with Crippen molar-refractivity contribution in [3.63, 3.8) is 0 Å². The van der Waals surface area contributed by atoms with Gasteiger partial charge in [0.2, 0.25) is 10.0 Å². The summed E-state index contributed by atoms with van der Waals surface area (Å²) < 4.78 is 29.1. The van der Waals surface area contributed by atoms with E-state index in [2.05, 4.69) is 19.9 Å². The van der Waals surface area contributed by atoms with E-state index in [1.165, 1.54) is 11.3 Å². The van der Waals surface area contributed by atoms with Gasteiger partial charge in [-0.15, -0.1) is 0 Å². The van der Waals surface area contributed by atoms with Gasteiger partial charge in [0, 0.05) is 18.7 Å². The van der Waals surface area contributed by atoms with Crippen molar-refractivity contribution in [1.29, 1.82) is 0 Å². The second-order valence-electron chi connectivity index (χ2n) is 10.1. The summed E-state index contributed by atoms with van der Waals surface area (Å²) >= 11 is 1.50. The first-order valence-electron chi connectivity index (χ1n) is 13.2. The average molecular weight is 548 g/mol. The van der Waals surface area contributed by atoms with Gasteiger partial charge in [-0.2, -0.15) is 4.31 Å². The SMILES string of the molecule is CC(C)c1cccc2sc(N(Cc3ccccc3)C(=O)c3ccc(S(=O)(=O)N4CCCCCC4)cc3)nc12. The highest BCUT2D eigenvalue weighted by Gasteiger charge is 2.27. The van der Waals surface area contributed by atoms with Crippen LogP contribution in [-0.2, 0) is 16.6 Å². The molecule has 0 aliphatic carbocycles. The van der Waals surface area contributed by atoms with Crippen molar-refractivity contribution in [2.24, 2.45) is 0 Å². The largest absolute Gasteiger partial charge is 0.279 e. The van der Waals surface area contributed by atoms with Crippen LogP contribution >= 0.6 is 11.3 Å². The lowest BCUT2D eigenvalue weighted by atomic mass is 10.0. The molecule has 0 spiro atoms. The highest BCUT2D eigenvalue weighted by Crippen LogP contribution is 2.35. The molecule has 0 atom stereocenters. The fraction of sp³-hybridized carbons (Fsp3) is 0.333. The number of benzene rings is 3. The van der Waals surface area contributed by atoms with Gasteiger partial charge < -0.3 is 0 Å². The third-order valence-corrected chi connectivity index (χ3v) is 9.98. The lowest BCUT2D eigenvalue weighted by Gasteiger charge is -2.21. The number of anilines is 1. The van der Waals surface area contributed by atoms with Crippen molar-refractivity contribution < 1.29 is 13.2 Å². The van der Waals surface area contributed by atoms with Crippen molar-refractivity contribution in [2.75, 3.05) is 18.0 Å². The first kappa shape index (κ1) is 26.5. The zero-order chi connectivity index (χ0) is 26.7. The van der Waals surface area contributed by atoms with Crippen LogP contribution in [0.15, 0.2) is 77.7 Å². The summed E-state index contributed by atoms with van der Waals surface area (Å²) in [7, 11) is -3.58. The van der Waals surface area contributed by atoms with Crippen LogP contribution in [0, 0.1) is 0 Å². The molecule has 0 unspecified atom stereocenters. The average Bonchev–Trinajstić information content (AvgIpc) is 3.16. The number of carbonyl (C=O) groups excluding carboxylic acids is 1. The van der Waals surface area contributed by atoms with Gasteiger partial charge >= 0.3 is 0 Å². The minimum atomic E-state index is -3.58. The Kier molecular flexibility index (Phi) is 7.93. The smallest absolute Gasteiger partial charge is 0.260 e. The Morgan fingerprint density at radius 2 is 1.61 bits per heavy atom. The quantitative estimate of drug-likeness (QED) is 0.254. The summed E-state index contributed by atoms with van der Waals surface area (Å²) in [4.78, 5) is 20.7. The van der Waals surface area contributed by atoms with E-state index in [0.29, 0.717) is 36.2 Å². The number of aromatic nitrogens is 1. The molecule has 5 rings (SSSR count). The van der Waals surface area contributed by atoms with Crippen molar-refractivity contribution in [3.8, 4) is 0 Å². The molecule has 1 aliphatic rings. The summed E-state index contributed by atoms with van der Waals surface area (Å²) in [6.07, 6.45) is 3.87. The van der Waals surface area contributed by atoms with E-state index < -0.39 is 10.0 Å². The molecule has 2 heterocycles. The van der Waals surface area contributed by atoms with Crippen LogP contribution in [0.3, 0.4) is 0 Å². The molecular weight excluding hydrogens is 514 g/mol. The first-order valence-corrected chi connectivity index (χ1v) is 15.5. The van der Waals surface area contributed by atoms with E-state index >= 15 is 0 Å². The van der Waals surface area contributed by atoms with Crippen LogP contribution in [0.5, 0.6) is 0 Å². The van der Waals surface area contributed by atoms with Crippen molar-refractivity contribution in [3.05, 3.63) is 89.5 Å². The Morgan fingerprint density at radius 1 is 0.921 bits per heavy atom. The first-order chi connectivity index (χ1) is 18.3. The maximum Gasteiger partial charge on any atom is 0.260 e. The van der Waals surface area contributed by atoms with E-state index in [1.807, 2.05) is 42.5 Å². The minimum absolute atomic E-state index is 0.210. The molecule has 4 aromatic rings. The number of hydrogen-bond acceptors (Lipinski definition) is 5. The molecule has 6 nitrogen and oxygen atoms in total. The normalized spacial score (nSPS) is 15.0. The molecule has 38 heavy (non-hydrogen) atoms. The molecule has 1 fully saturated rings. The molecule has 1 aliphatic heterocycles. The highest BCUT2D eigenvalue weighted by molar-refractivity contribution is 7.89. The molecule has 0 saturated carbocycles. The minimum Gasteiger partial charge on any atom is -0.279 e. The van der Waals surface area contributed by atoms with Gasteiger partial charge in [0.1, 0.15) is 0 Å². The molecule has 8 heteroatoms. The zero-order valence-electron chi connectivity index (χ0n) is 21.8. The number of nitrogens with zero attached hydrogens (tertiary/aromatic N) is 3. The number of hydrogen-bond donors (Lipinski definition) is 0. The third kappa shape index (κ3) is 5.53. The van der Waals surface area contributed by atoms with Gasteiger partial charge in [-0.1, -0.05) is 80.5 Å². The molecule has 0 radical (unpaired) electrons. The van der Waals surface area contributed by atoms with Gasteiger partial charge in [0.15, 0.2) is 5.13 Å². The van der Waals surface area contributed by atoms with Gasteiger partial charge in [0.05, 0.1) is 21.7 Å². The Balaban J connectivity index is 1.48. The Morgan fingerprint density at radius 3 is 2.26 bits per heavy atom. The molecule has 198 valence electrons. The zero-order valence-corrected chi connectivity index (χ0v) is 23.5. The van der Waals surface area contributed by atoms with Crippen molar-refractivity contribution >= 4 is 42.6 Å². The van der Waals surface area contributed by atoms with Crippen molar-refractivity contribution in [1.82, 2.24) is 9.29 Å². The molecule has 0 bridgehead atoms. The molecule has 1 aromatic heterocycles. The van der Waals surface area contributed by atoms with E-state index in [1.54, 1.807) is 33.5 Å². The topological polar surface area (TPSA) is 70.6 Å². The van der Waals surface area contributed by atoms with Gasteiger partial charge in [-0.05, 0) is 60.2 Å². The number of fused-ring (bicyclic) bond motifs is 1.